The number of hydrogen-bond donors (Lipinski definition) is 0. The first-order valence-corrected chi connectivity index (χ1v) is 19.2. The van der Waals surface area contributed by atoms with Crippen LogP contribution in [-0.2, 0) is 0 Å². The minimum atomic E-state index is 1.07. The molecule has 0 unspecified atom stereocenters. The van der Waals surface area contributed by atoms with Gasteiger partial charge in [-0.1, -0.05) is 151 Å². The maximum absolute atomic E-state index is 2.44. The fourth-order valence-electron chi connectivity index (χ4n) is 7.74. The van der Waals surface area contributed by atoms with Crippen molar-refractivity contribution in [3.05, 3.63) is 176 Å². The van der Waals surface area contributed by atoms with Crippen LogP contribution in [0.1, 0.15) is 12.8 Å². The van der Waals surface area contributed by atoms with E-state index in [0.717, 1.165) is 12.8 Å². The Morgan fingerprint density at radius 2 is 1.08 bits per heavy atom. The van der Waals surface area contributed by atoms with Gasteiger partial charge in [-0.3, -0.25) is 0 Å². The third-order valence-electron chi connectivity index (χ3n) is 10.1. The maximum atomic E-state index is 2.44. The lowest BCUT2D eigenvalue weighted by molar-refractivity contribution is 1.02. The van der Waals surface area contributed by atoms with Crippen LogP contribution in [0.2, 0.25) is 0 Å². The third-order valence-corrected chi connectivity index (χ3v) is 12.4. The molecule has 0 saturated heterocycles. The highest BCUT2D eigenvalue weighted by molar-refractivity contribution is 8.00. The van der Waals surface area contributed by atoms with Gasteiger partial charge in [0, 0.05) is 41.6 Å². The highest BCUT2D eigenvalue weighted by Gasteiger charge is 2.23. The Labute approximate surface area is 307 Å². The normalized spacial score (nSPS) is 13.6. The van der Waals surface area contributed by atoms with Crippen molar-refractivity contribution in [1.82, 2.24) is 4.57 Å². The van der Waals surface area contributed by atoms with Gasteiger partial charge in [-0.05, 0) is 100 Å². The molecule has 10 rings (SSSR count). The molecule has 7 aromatic carbocycles. The molecule has 2 aliphatic rings. The van der Waals surface area contributed by atoms with Gasteiger partial charge in [0.25, 0.3) is 0 Å². The van der Waals surface area contributed by atoms with Crippen LogP contribution in [0.3, 0.4) is 0 Å². The number of allylic oxidation sites excluding steroid dienone is 4. The quantitative estimate of drug-likeness (QED) is 0.182. The van der Waals surface area contributed by atoms with E-state index in [4.69, 9.17) is 0 Å². The van der Waals surface area contributed by atoms with Gasteiger partial charge < -0.3 is 4.57 Å². The SMILES string of the molecule is C1=CC(n2c3ccccc3c3cc(-c4cccc5c4-c4ccccc4Sc4ccccc4-c4ccc(-c6ccccc6)cc4S5)ccc32)=CCC1. The number of para-hydroxylation sites is 1. The average molecular weight is 688 g/mol. The molecule has 1 aromatic heterocycles. The lowest BCUT2D eigenvalue weighted by Crippen LogP contribution is -1.97. The van der Waals surface area contributed by atoms with E-state index in [-0.39, 0.29) is 0 Å². The van der Waals surface area contributed by atoms with Crippen molar-refractivity contribution >= 4 is 51.0 Å². The van der Waals surface area contributed by atoms with Crippen LogP contribution in [-0.4, -0.2) is 4.57 Å². The second-order valence-electron chi connectivity index (χ2n) is 13.1. The van der Waals surface area contributed by atoms with Crippen LogP contribution in [0.15, 0.2) is 196 Å². The lowest BCUT2D eigenvalue weighted by Gasteiger charge is -2.22. The fourth-order valence-corrected chi connectivity index (χ4v) is 10.0. The van der Waals surface area contributed by atoms with E-state index in [9.17, 15) is 0 Å². The van der Waals surface area contributed by atoms with E-state index in [1.165, 1.54) is 91.6 Å². The van der Waals surface area contributed by atoms with Gasteiger partial charge in [0.2, 0.25) is 0 Å². The summed E-state index contributed by atoms with van der Waals surface area (Å²) in [6, 6.07) is 58.3. The summed E-state index contributed by atoms with van der Waals surface area (Å²) < 4.78 is 2.44. The van der Waals surface area contributed by atoms with E-state index in [0.29, 0.717) is 0 Å². The molecule has 1 nitrogen and oxygen atoms in total. The molecule has 1 aliphatic carbocycles. The van der Waals surface area contributed by atoms with Crippen LogP contribution < -0.4 is 0 Å². The topological polar surface area (TPSA) is 4.93 Å². The molecule has 0 saturated carbocycles. The first kappa shape index (κ1) is 30.4. The Kier molecular flexibility index (Phi) is 7.55. The Bertz CT molecular complexity index is 2700. The summed E-state index contributed by atoms with van der Waals surface area (Å²) in [5, 5.41) is 2.56. The molecule has 0 spiro atoms. The van der Waals surface area contributed by atoms with Crippen molar-refractivity contribution in [2.45, 2.75) is 32.4 Å². The van der Waals surface area contributed by atoms with Crippen molar-refractivity contribution in [1.29, 1.82) is 0 Å². The summed E-state index contributed by atoms with van der Waals surface area (Å²) in [5.41, 5.74) is 13.8. The number of hydrogen-bond acceptors (Lipinski definition) is 2. The van der Waals surface area contributed by atoms with Gasteiger partial charge in [-0.2, -0.15) is 0 Å². The zero-order valence-corrected chi connectivity index (χ0v) is 29.6. The largest absolute Gasteiger partial charge is 0.310 e. The zero-order chi connectivity index (χ0) is 33.7. The summed E-state index contributed by atoms with van der Waals surface area (Å²) >= 11 is 3.75. The molecular weight excluding hydrogens is 655 g/mol. The first-order valence-electron chi connectivity index (χ1n) is 17.6. The summed E-state index contributed by atoms with van der Waals surface area (Å²) in [7, 11) is 0. The number of aromatic nitrogens is 1. The molecule has 3 heteroatoms. The van der Waals surface area contributed by atoms with E-state index >= 15 is 0 Å². The lowest BCUT2D eigenvalue weighted by atomic mass is 9.93. The van der Waals surface area contributed by atoms with Gasteiger partial charge >= 0.3 is 0 Å². The van der Waals surface area contributed by atoms with Crippen molar-refractivity contribution in [2.24, 2.45) is 0 Å². The molecular formula is C48H33NS2. The maximum Gasteiger partial charge on any atom is 0.0541 e. The van der Waals surface area contributed by atoms with Gasteiger partial charge in [0.1, 0.15) is 0 Å². The third kappa shape index (κ3) is 5.28. The van der Waals surface area contributed by atoms with Gasteiger partial charge in [-0.25, -0.2) is 0 Å². The van der Waals surface area contributed by atoms with Crippen LogP contribution in [0.25, 0.3) is 72.0 Å². The van der Waals surface area contributed by atoms with Crippen LogP contribution in [0.4, 0.5) is 0 Å². The standard InChI is InChI=1S/C48H33NS2/c1-3-14-32(15-4-1)33-26-28-39-38-19-8-11-23-44(38)50-45-24-12-9-20-40(45)48-36(21-13-25-46(48)51-47(39)31-33)34-27-29-43-41(30-34)37-18-7-10-22-42(37)49(43)35-16-5-2-6-17-35/h1,3-5,7-31H,2,6H2. The minimum absolute atomic E-state index is 1.07. The summed E-state index contributed by atoms with van der Waals surface area (Å²) in [6.07, 6.45) is 9.12. The molecule has 0 amide bonds. The van der Waals surface area contributed by atoms with E-state index in [2.05, 4.69) is 181 Å². The molecule has 0 atom stereocenters. The molecule has 0 fully saturated rings. The van der Waals surface area contributed by atoms with E-state index in [1.54, 1.807) is 0 Å². The predicted molar refractivity (Wildman–Crippen MR) is 219 cm³/mol. The smallest absolute Gasteiger partial charge is 0.0541 e. The second kappa shape index (κ2) is 12.7. The monoisotopic (exact) mass is 687 g/mol. The molecule has 0 radical (unpaired) electrons. The van der Waals surface area contributed by atoms with Crippen molar-refractivity contribution in [2.75, 3.05) is 0 Å². The first-order chi connectivity index (χ1) is 25.3. The summed E-state index contributed by atoms with van der Waals surface area (Å²) in [6.45, 7) is 0. The fraction of sp³-hybridized carbons (Fsp3) is 0.0417. The van der Waals surface area contributed by atoms with Crippen molar-refractivity contribution < 1.29 is 0 Å². The van der Waals surface area contributed by atoms with Crippen LogP contribution >= 0.6 is 23.5 Å². The van der Waals surface area contributed by atoms with Crippen LogP contribution in [0, 0.1) is 0 Å². The van der Waals surface area contributed by atoms with Crippen molar-refractivity contribution in [3.63, 3.8) is 0 Å². The van der Waals surface area contributed by atoms with Gasteiger partial charge in [0.15, 0.2) is 0 Å². The zero-order valence-electron chi connectivity index (χ0n) is 27.9. The molecule has 2 heterocycles. The number of benzene rings is 7. The Hall–Kier alpha value is -5.48. The highest BCUT2D eigenvalue weighted by Crippen LogP contribution is 2.52. The number of fused-ring (bicyclic) bond motifs is 9. The Balaban J connectivity index is 1.21. The van der Waals surface area contributed by atoms with Crippen LogP contribution in [0.5, 0.6) is 0 Å². The molecule has 8 aromatic rings. The van der Waals surface area contributed by atoms with Crippen molar-refractivity contribution in [3.8, 4) is 44.5 Å². The van der Waals surface area contributed by atoms with Gasteiger partial charge in [0.05, 0.1) is 11.0 Å². The Morgan fingerprint density at radius 3 is 1.94 bits per heavy atom. The molecule has 1 aliphatic heterocycles. The number of rotatable bonds is 3. The van der Waals surface area contributed by atoms with E-state index in [1.807, 2.05) is 23.5 Å². The molecule has 0 N–H and O–H groups in total. The Morgan fingerprint density at radius 1 is 0.412 bits per heavy atom. The highest BCUT2D eigenvalue weighted by atomic mass is 32.2. The predicted octanol–water partition coefficient (Wildman–Crippen LogP) is 14.3. The summed E-state index contributed by atoms with van der Waals surface area (Å²) in [5.74, 6) is 0. The number of nitrogens with zero attached hydrogens (tertiary/aromatic N) is 1. The van der Waals surface area contributed by atoms with Gasteiger partial charge in [-0.15, -0.1) is 0 Å². The second-order valence-corrected chi connectivity index (χ2v) is 15.3. The molecule has 51 heavy (non-hydrogen) atoms. The van der Waals surface area contributed by atoms with E-state index < -0.39 is 0 Å². The summed E-state index contributed by atoms with van der Waals surface area (Å²) in [4.78, 5) is 5.04. The minimum Gasteiger partial charge on any atom is -0.310 e. The molecule has 242 valence electrons. The molecule has 0 bridgehead atoms. The average Bonchev–Trinajstić information content (AvgIpc) is 3.53.